The lowest BCUT2D eigenvalue weighted by Gasteiger charge is -2.44. The van der Waals surface area contributed by atoms with Gasteiger partial charge in [0.15, 0.2) is 9.84 Å². The summed E-state index contributed by atoms with van der Waals surface area (Å²) in [5.41, 5.74) is -1.07. The lowest BCUT2D eigenvalue weighted by molar-refractivity contribution is -0.151. The van der Waals surface area contributed by atoms with Crippen LogP contribution in [0.3, 0.4) is 0 Å². The summed E-state index contributed by atoms with van der Waals surface area (Å²) in [5.74, 6) is -1.06. The number of rotatable bonds is 1. The number of hydrogen-bond donors (Lipinski definition) is 2. The van der Waals surface area contributed by atoms with Crippen molar-refractivity contribution in [2.45, 2.75) is 25.3 Å². The highest BCUT2D eigenvalue weighted by atomic mass is 32.2. The van der Waals surface area contributed by atoms with Crippen LogP contribution >= 0.6 is 0 Å². The fourth-order valence-electron chi connectivity index (χ4n) is 2.68. The van der Waals surface area contributed by atoms with Gasteiger partial charge in [0.25, 0.3) is 0 Å². The summed E-state index contributed by atoms with van der Waals surface area (Å²) < 4.78 is 23.0. The molecule has 2 heterocycles. The molecule has 2 saturated heterocycles. The van der Waals surface area contributed by atoms with E-state index in [2.05, 4.69) is 5.32 Å². The van der Waals surface area contributed by atoms with Gasteiger partial charge in [0.2, 0.25) is 0 Å². The first kappa shape index (κ1) is 10.9. The maximum atomic E-state index is 11.5. The summed E-state index contributed by atoms with van der Waals surface area (Å²) in [6.07, 6.45) is 1.63. The van der Waals surface area contributed by atoms with Crippen molar-refractivity contribution in [3.8, 4) is 0 Å². The van der Waals surface area contributed by atoms with Gasteiger partial charge in [-0.05, 0) is 25.8 Å². The molecule has 0 radical (unpaired) electrons. The third-order valence-corrected chi connectivity index (χ3v) is 5.29. The van der Waals surface area contributed by atoms with E-state index in [1.165, 1.54) is 0 Å². The van der Waals surface area contributed by atoms with Gasteiger partial charge in [-0.3, -0.25) is 4.79 Å². The van der Waals surface area contributed by atoms with E-state index in [1.54, 1.807) is 0 Å². The molecule has 2 rings (SSSR count). The van der Waals surface area contributed by atoms with Gasteiger partial charge in [-0.15, -0.1) is 0 Å². The summed E-state index contributed by atoms with van der Waals surface area (Å²) in [4.78, 5) is 11.3. The Morgan fingerprint density at radius 1 is 1.47 bits per heavy atom. The molecule has 0 amide bonds. The zero-order chi connectivity index (χ0) is 11.1. The minimum atomic E-state index is -3.18. The molecule has 2 aliphatic rings. The molecule has 2 N–H and O–H groups in total. The molecule has 6 heteroatoms. The van der Waals surface area contributed by atoms with E-state index in [-0.39, 0.29) is 17.5 Å². The van der Waals surface area contributed by atoms with Crippen LogP contribution in [0.2, 0.25) is 0 Å². The molecule has 86 valence electrons. The van der Waals surface area contributed by atoms with Crippen LogP contribution in [-0.4, -0.2) is 43.6 Å². The van der Waals surface area contributed by atoms with Gasteiger partial charge in [-0.1, -0.05) is 0 Å². The average molecular weight is 233 g/mol. The highest BCUT2D eigenvalue weighted by molar-refractivity contribution is 7.91. The molecule has 0 bridgehead atoms. The molecular formula is C9H15NO4S. The Labute approximate surface area is 88.8 Å². The van der Waals surface area contributed by atoms with Gasteiger partial charge < -0.3 is 10.4 Å². The Morgan fingerprint density at radius 3 is 2.87 bits per heavy atom. The number of sulfone groups is 1. The first-order valence-electron chi connectivity index (χ1n) is 5.13. The Morgan fingerprint density at radius 2 is 2.20 bits per heavy atom. The first-order valence-corrected chi connectivity index (χ1v) is 6.96. The van der Waals surface area contributed by atoms with E-state index in [0.717, 1.165) is 13.0 Å². The predicted molar refractivity (Wildman–Crippen MR) is 54.4 cm³/mol. The summed E-state index contributed by atoms with van der Waals surface area (Å²) in [6.45, 7) is 0.791. The van der Waals surface area contributed by atoms with Crippen LogP contribution < -0.4 is 5.32 Å². The number of carboxylic acid groups (broad SMARTS) is 1. The first-order chi connectivity index (χ1) is 6.96. The minimum Gasteiger partial charge on any atom is -0.481 e. The summed E-state index contributed by atoms with van der Waals surface area (Å²) in [5, 5.41) is 12.4. The molecule has 15 heavy (non-hydrogen) atoms. The van der Waals surface area contributed by atoms with E-state index >= 15 is 0 Å². The van der Waals surface area contributed by atoms with Gasteiger partial charge in [-0.25, -0.2) is 8.42 Å². The normalized spacial score (nSPS) is 39.3. The zero-order valence-corrected chi connectivity index (χ0v) is 9.22. The van der Waals surface area contributed by atoms with Crippen molar-refractivity contribution < 1.29 is 18.3 Å². The van der Waals surface area contributed by atoms with Crippen molar-refractivity contribution in [2.24, 2.45) is 5.41 Å². The number of carbonyl (C=O) groups is 1. The van der Waals surface area contributed by atoms with E-state index in [1.807, 2.05) is 0 Å². The highest BCUT2D eigenvalue weighted by Gasteiger charge is 2.52. The third-order valence-electron chi connectivity index (χ3n) is 3.48. The number of fused-ring (bicyclic) bond motifs is 1. The van der Waals surface area contributed by atoms with Gasteiger partial charge in [0.1, 0.15) is 0 Å². The number of hydrogen-bond acceptors (Lipinski definition) is 4. The van der Waals surface area contributed by atoms with E-state index in [4.69, 9.17) is 0 Å². The van der Waals surface area contributed by atoms with E-state index in [0.29, 0.717) is 12.8 Å². The fraction of sp³-hybridized carbons (Fsp3) is 0.889. The largest absolute Gasteiger partial charge is 0.481 e. The second kappa shape index (κ2) is 3.45. The molecular weight excluding hydrogens is 218 g/mol. The average Bonchev–Trinajstić information content (AvgIpc) is 2.15. The van der Waals surface area contributed by atoms with Crippen LogP contribution in [0, 0.1) is 5.41 Å². The topological polar surface area (TPSA) is 83.5 Å². The molecule has 0 spiro atoms. The summed E-state index contributed by atoms with van der Waals surface area (Å²) in [6, 6.07) is -0.174. The van der Waals surface area contributed by atoms with Crippen LogP contribution in [0.15, 0.2) is 0 Å². The SMILES string of the molecule is O=C(O)C12CCCNC1CCS(=O)(=O)C2. The fourth-order valence-corrected chi connectivity index (χ4v) is 4.67. The lowest BCUT2D eigenvalue weighted by atomic mass is 9.74. The molecule has 2 aliphatic heterocycles. The maximum Gasteiger partial charge on any atom is 0.312 e. The Kier molecular flexibility index (Phi) is 2.50. The zero-order valence-electron chi connectivity index (χ0n) is 8.40. The Balaban J connectivity index is 2.36. The molecule has 0 aliphatic carbocycles. The van der Waals surface area contributed by atoms with Crippen LogP contribution in [0.1, 0.15) is 19.3 Å². The molecule has 2 unspecified atom stereocenters. The number of carboxylic acids is 1. The van der Waals surface area contributed by atoms with Crippen molar-refractivity contribution in [1.29, 1.82) is 0 Å². The van der Waals surface area contributed by atoms with Crippen molar-refractivity contribution in [3.63, 3.8) is 0 Å². The smallest absolute Gasteiger partial charge is 0.312 e. The number of aliphatic carboxylic acids is 1. The molecule has 2 fully saturated rings. The quantitative estimate of drug-likeness (QED) is 0.645. The minimum absolute atomic E-state index is 0.111. The van der Waals surface area contributed by atoms with E-state index in [9.17, 15) is 18.3 Å². The lowest BCUT2D eigenvalue weighted by Crippen LogP contribution is -2.60. The molecule has 0 saturated carbocycles. The molecule has 0 aromatic heterocycles. The molecule has 2 atom stereocenters. The van der Waals surface area contributed by atoms with E-state index < -0.39 is 21.2 Å². The predicted octanol–water partition coefficient (Wildman–Crippen LogP) is -0.372. The van der Waals surface area contributed by atoms with Gasteiger partial charge in [0, 0.05) is 6.04 Å². The molecule has 0 aromatic rings. The Bertz CT molecular complexity index is 378. The summed E-state index contributed by atoms with van der Waals surface area (Å²) >= 11 is 0. The van der Waals surface area contributed by atoms with Crippen molar-refractivity contribution in [3.05, 3.63) is 0 Å². The second-order valence-corrected chi connectivity index (χ2v) is 6.64. The van der Waals surface area contributed by atoms with Crippen molar-refractivity contribution >= 4 is 15.8 Å². The molecule has 0 aromatic carbocycles. The third kappa shape index (κ3) is 1.76. The van der Waals surface area contributed by atoms with Crippen molar-refractivity contribution in [2.75, 3.05) is 18.1 Å². The van der Waals surface area contributed by atoms with Gasteiger partial charge in [0.05, 0.1) is 16.9 Å². The van der Waals surface area contributed by atoms with Crippen LogP contribution in [0.4, 0.5) is 0 Å². The van der Waals surface area contributed by atoms with Gasteiger partial charge in [-0.2, -0.15) is 0 Å². The number of nitrogens with one attached hydrogen (secondary N) is 1. The van der Waals surface area contributed by atoms with Crippen LogP contribution in [-0.2, 0) is 14.6 Å². The molecule has 5 nitrogen and oxygen atoms in total. The van der Waals surface area contributed by atoms with Crippen LogP contribution in [0.25, 0.3) is 0 Å². The van der Waals surface area contributed by atoms with Crippen LogP contribution in [0.5, 0.6) is 0 Å². The highest BCUT2D eigenvalue weighted by Crippen LogP contribution is 2.38. The monoisotopic (exact) mass is 233 g/mol. The Hall–Kier alpha value is -0.620. The second-order valence-electron chi connectivity index (χ2n) is 4.45. The summed E-state index contributed by atoms with van der Waals surface area (Å²) in [7, 11) is -3.18. The maximum absolute atomic E-state index is 11.5. The van der Waals surface area contributed by atoms with Gasteiger partial charge >= 0.3 is 5.97 Å². The standard InChI is InChI=1S/C9H15NO4S/c11-8(12)9-3-1-4-10-7(9)2-5-15(13,14)6-9/h7,10H,1-6H2,(H,11,12). The van der Waals surface area contributed by atoms with Crippen molar-refractivity contribution in [1.82, 2.24) is 5.32 Å². The number of piperidine rings is 1.